The second-order valence-corrected chi connectivity index (χ2v) is 7.39. The molecule has 1 saturated carbocycles. The average Bonchev–Trinajstić information content (AvgIpc) is 2.80. The molecule has 0 radical (unpaired) electrons. The third-order valence-electron chi connectivity index (χ3n) is 5.24. The highest BCUT2D eigenvalue weighted by molar-refractivity contribution is 5.94. The summed E-state index contributed by atoms with van der Waals surface area (Å²) in [5, 5.41) is 3.14. The van der Waals surface area contributed by atoms with Gasteiger partial charge in [-0.3, -0.25) is 4.79 Å². The third-order valence-corrected chi connectivity index (χ3v) is 5.24. The number of ether oxygens (including phenoxy) is 2. The van der Waals surface area contributed by atoms with Gasteiger partial charge in [0.1, 0.15) is 11.5 Å². The number of nitrogens with zero attached hydrogens (tertiary/aromatic N) is 2. The van der Waals surface area contributed by atoms with Crippen LogP contribution in [0.15, 0.2) is 60.8 Å². The van der Waals surface area contributed by atoms with Crippen LogP contribution in [0, 0.1) is 0 Å². The van der Waals surface area contributed by atoms with Crippen molar-refractivity contribution in [2.45, 2.75) is 38.1 Å². The summed E-state index contributed by atoms with van der Waals surface area (Å²) in [6.45, 7) is 0. The second kappa shape index (κ2) is 9.39. The molecular weight excluding hydrogens is 378 g/mol. The van der Waals surface area contributed by atoms with Crippen LogP contribution in [0.5, 0.6) is 17.4 Å². The second-order valence-electron chi connectivity index (χ2n) is 7.39. The van der Waals surface area contributed by atoms with Crippen molar-refractivity contribution in [2.24, 2.45) is 0 Å². The summed E-state index contributed by atoms with van der Waals surface area (Å²) in [5.74, 6) is 2.30. The summed E-state index contributed by atoms with van der Waals surface area (Å²) in [5.41, 5.74) is 1.47. The molecule has 1 amide bonds. The number of methoxy groups -OCH3 is 1. The van der Waals surface area contributed by atoms with Gasteiger partial charge in [-0.25, -0.2) is 4.98 Å². The molecule has 1 N–H and O–H groups in total. The summed E-state index contributed by atoms with van der Waals surface area (Å²) in [4.78, 5) is 21.3. The molecule has 6 nitrogen and oxygen atoms in total. The molecule has 1 aliphatic rings. The lowest BCUT2D eigenvalue weighted by atomic mass is 9.95. The van der Waals surface area contributed by atoms with Crippen LogP contribution >= 0.6 is 0 Å². The van der Waals surface area contributed by atoms with E-state index < -0.39 is 0 Å². The fraction of sp³-hybridized carbons (Fsp3) is 0.292. The Hall–Kier alpha value is -3.41. The van der Waals surface area contributed by atoms with E-state index in [4.69, 9.17) is 9.47 Å². The molecule has 0 bridgehead atoms. The highest BCUT2D eigenvalue weighted by atomic mass is 16.5. The zero-order valence-electron chi connectivity index (χ0n) is 17.0. The maximum atomic E-state index is 12.5. The molecule has 0 aliphatic heterocycles. The minimum atomic E-state index is -0.0236. The van der Waals surface area contributed by atoms with E-state index in [0.717, 1.165) is 18.4 Å². The molecule has 4 rings (SSSR count). The van der Waals surface area contributed by atoms with Crippen molar-refractivity contribution in [1.29, 1.82) is 0 Å². The van der Waals surface area contributed by atoms with Gasteiger partial charge in [0.2, 0.25) is 5.88 Å². The first-order valence-electron chi connectivity index (χ1n) is 10.3. The van der Waals surface area contributed by atoms with Gasteiger partial charge in [-0.15, -0.1) is 0 Å². The van der Waals surface area contributed by atoms with E-state index in [1.807, 2.05) is 42.5 Å². The molecule has 2 aromatic carbocycles. The Morgan fingerprint density at radius 2 is 1.77 bits per heavy atom. The van der Waals surface area contributed by atoms with Crippen LogP contribution in [0.4, 0.5) is 0 Å². The quantitative estimate of drug-likeness (QED) is 0.626. The fourth-order valence-electron chi connectivity index (χ4n) is 3.61. The Balaban J connectivity index is 1.44. The maximum absolute atomic E-state index is 12.5. The number of nitrogens with one attached hydrogen (secondary N) is 1. The number of hydrogen-bond donors (Lipinski definition) is 1. The van der Waals surface area contributed by atoms with Crippen LogP contribution in [-0.2, 0) is 0 Å². The number of carbonyl (C=O) groups is 1. The van der Waals surface area contributed by atoms with E-state index in [0.29, 0.717) is 34.8 Å². The Morgan fingerprint density at radius 1 is 1.00 bits per heavy atom. The van der Waals surface area contributed by atoms with Gasteiger partial charge in [0, 0.05) is 35.5 Å². The largest absolute Gasteiger partial charge is 0.497 e. The lowest BCUT2D eigenvalue weighted by molar-refractivity contribution is 0.0927. The summed E-state index contributed by atoms with van der Waals surface area (Å²) < 4.78 is 11.1. The predicted octanol–water partition coefficient (Wildman–Crippen LogP) is 5.01. The molecule has 1 aromatic heterocycles. The zero-order chi connectivity index (χ0) is 20.8. The molecule has 0 unspecified atom stereocenters. The minimum absolute atomic E-state index is 0.0236. The first kappa shape index (κ1) is 19.9. The molecule has 0 spiro atoms. The van der Waals surface area contributed by atoms with Crippen LogP contribution in [0.25, 0.3) is 11.4 Å². The highest BCUT2D eigenvalue weighted by Gasteiger charge is 2.16. The number of amides is 1. The molecule has 3 aromatic rings. The molecular formula is C24H25N3O3. The van der Waals surface area contributed by atoms with E-state index >= 15 is 0 Å². The normalized spacial score (nSPS) is 14.2. The van der Waals surface area contributed by atoms with E-state index in [9.17, 15) is 4.79 Å². The molecule has 0 saturated heterocycles. The minimum Gasteiger partial charge on any atom is -0.497 e. The standard InChI is InChI=1S/C24H25N3O3/c1-29-20-8-5-9-21(16-20)30-22-14-15-25-23(27-22)17-10-12-18(13-11-17)24(28)26-19-6-3-2-4-7-19/h5,8-16,19H,2-4,6-7H2,1H3,(H,26,28). The van der Waals surface area contributed by atoms with Gasteiger partial charge in [0.25, 0.3) is 5.91 Å². The Morgan fingerprint density at radius 3 is 2.53 bits per heavy atom. The molecule has 1 heterocycles. The molecule has 1 fully saturated rings. The molecule has 0 atom stereocenters. The first-order valence-corrected chi connectivity index (χ1v) is 10.3. The summed E-state index contributed by atoms with van der Waals surface area (Å²) in [6, 6.07) is 16.7. The summed E-state index contributed by atoms with van der Waals surface area (Å²) >= 11 is 0. The number of carbonyl (C=O) groups excluding carboxylic acids is 1. The monoisotopic (exact) mass is 403 g/mol. The van der Waals surface area contributed by atoms with E-state index in [2.05, 4.69) is 15.3 Å². The Kier molecular flexibility index (Phi) is 6.23. The van der Waals surface area contributed by atoms with Gasteiger partial charge in [-0.2, -0.15) is 4.98 Å². The zero-order valence-corrected chi connectivity index (χ0v) is 17.0. The van der Waals surface area contributed by atoms with Gasteiger partial charge in [-0.1, -0.05) is 37.5 Å². The van der Waals surface area contributed by atoms with Gasteiger partial charge in [0.15, 0.2) is 5.82 Å². The lowest BCUT2D eigenvalue weighted by Gasteiger charge is -2.22. The first-order chi connectivity index (χ1) is 14.7. The van der Waals surface area contributed by atoms with Crippen molar-refractivity contribution in [3.63, 3.8) is 0 Å². The predicted molar refractivity (Wildman–Crippen MR) is 115 cm³/mol. The molecule has 1 aliphatic carbocycles. The van der Waals surface area contributed by atoms with E-state index in [1.165, 1.54) is 19.3 Å². The Bertz CT molecular complexity index is 999. The fourth-order valence-corrected chi connectivity index (χ4v) is 3.61. The van der Waals surface area contributed by atoms with Crippen molar-refractivity contribution in [1.82, 2.24) is 15.3 Å². The van der Waals surface area contributed by atoms with Crippen molar-refractivity contribution in [3.8, 4) is 28.8 Å². The van der Waals surface area contributed by atoms with Crippen LogP contribution < -0.4 is 14.8 Å². The van der Waals surface area contributed by atoms with Gasteiger partial charge >= 0.3 is 0 Å². The van der Waals surface area contributed by atoms with Crippen molar-refractivity contribution in [3.05, 3.63) is 66.4 Å². The van der Waals surface area contributed by atoms with Gasteiger partial charge in [0.05, 0.1) is 7.11 Å². The Labute approximate surface area is 176 Å². The summed E-state index contributed by atoms with van der Waals surface area (Å²) in [7, 11) is 1.61. The molecule has 154 valence electrons. The van der Waals surface area contributed by atoms with Crippen molar-refractivity contribution >= 4 is 5.91 Å². The number of benzene rings is 2. The SMILES string of the molecule is COc1cccc(Oc2ccnc(-c3ccc(C(=O)NC4CCCCC4)cc3)n2)c1. The van der Waals surface area contributed by atoms with E-state index in [-0.39, 0.29) is 5.91 Å². The number of rotatable bonds is 6. The summed E-state index contributed by atoms with van der Waals surface area (Å²) in [6.07, 6.45) is 7.43. The van der Waals surface area contributed by atoms with Crippen LogP contribution in [-0.4, -0.2) is 29.0 Å². The highest BCUT2D eigenvalue weighted by Crippen LogP contribution is 2.25. The van der Waals surface area contributed by atoms with Crippen LogP contribution in [0.2, 0.25) is 0 Å². The van der Waals surface area contributed by atoms with Gasteiger partial charge in [-0.05, 0) is 37.1 Å². The van der Waals surface area contributed by atoms with Crippen molar-refractivity contribution < 1.29 is 14.3 Å². The third kappa shape index (κ3) is 4.95. The van der Waals surface area contributed by atoms with E-state index in [1.54, 1.807) is 25.4 Å². The topological polar surface area (TPSA) is 73.3 Å². The molecule has 30 heavy (non-hydrogen) atoms. The maximum Gasteiger partial charge on any atom is 0.251 e. The lowest BCUT2D eigenvalue weighted by Crippen LogP contribution is -2.36. The van der Waals surface area contributed by atoms with Crippen molar-refractivity contribution in [2.75, 3.05) is 7.11 Å². The van der Waals surface area contributed by atoms with Crippen LogP contribution in [0.1, 0.15) is 42.5 Å². The van der Waals surface area contributed by atoms with Gasteiger partial charge < -0.3 is 14.8 Å². The average molecular weight is 403 g/mol. The number of hydrogen-bond acceptors (Lipinski definition) is 5. The smallest absolute Gasteiger partial charge is 0.251 e. The number of aromatic nitrogens is 2. The van der Waals surface area contributed by atoms with Crippen LogP contribution in [0.3, 0.4) is 0 Å². The molecule has 6 heteroatoms.